The van der Waals surface area contributed by atoms with Crippen molar-refractivity contribution < 1.29 is 0 Å². The van der Waals surface area contributed by atoms with Crippen LogP contribution >= 0.6 is 0 Å². The van der Waals surface area contributed by atoms with Gasteiger partial charge in [0.1, 0.15) is 17.5 Å². The van der Waals surface area contributed by atoms with Gasteiger partial charge in [0.15, 0.2) is 34.9 Å². The summed E-state index contributed by atoms with van der Waals surface area (Å²) >= 11 is 0. The van der Waals surface area contributed by atoms with Crippen LogP contribution in [0.15, 0.2) is 328 Å². The maximum absolute atomic E-state index is 4.79. The third-order valence-corrected chi connectivity index (χ3v) is 15.7. The van der Waals surface area contributed by atoms with Crippen LogP contribution in [0, 0.1) is 20.8 Å². The van der Waals surface area contributed by atoms with E-state index in [9.17, 15) is 0 Å². The first-order valence-corrected chi connectivity index (χ1v) is 30.9. The number of hydrogen-bond donors (Lipinski definition) is 0. The van der Waals surface area contributed by atoms with Gasteiger partial charge in [-0.15, -0.1) is 0 Å². The molecule has 0 atom stereocenters. The summed E-state index contributed by atoms with van der Waals surface area (Å²) in [6, 6.07) is 112. The van der Waals surface area contributed by atoms with E-state index in [4.69, 9.17) is 15.0 Å². The number of benzene rings is 12. The Balaban J connectivity index is 0.000000127. The van der Waals surface area contributed by atoms with E-state index in [0.717, 1.165) is 55.6 Å². The molecule has 0 fully saturated rings. The highest BCUT2D eigenvalue weighted by Gasteiger charge is 2.14. The van der Waals surface area contributed by atoms with Crippen LogP contribution in [0.3, 0.4) is 0 Å². The van der Waals surface area contributed by atoms with E-state index in [1.165, 1.54) is 44.5 Å². The Hall–Kier alpha value is -12.3. The quantitative estimate of drug-likeness (QED) is 0.118. The van der Waals surface area contributed by atoms with Crippen LogP contribution in [0.2, 0.25) is 0 Å². The Morgan fingerprint density at radius 1 is 0.129 bits per heavy atom. The van der Waals surface area contributed by atoms with Crippen LogP contribution in [0.5, 0.6) is 0 Å². The molecule has 0 N–H and O–H groups in total. The zero-order valence-electron chi connectivity index (χ0n) is 51.7. The third-order valence-electron chi connectivity index (χ3n) is 15.7. The van der Waals surface area contributed by atoms with Crippen LogP contribution in [0.4, 0.5) is 0 Å². The summed E-state index contributed by atoms with van der Waals surface area (Å²) < 4.78 is 0. The highest BCUT2D eigenvalue weighted by molar-refractivity contribution is 5.77. The van der Waals surface area contributed by atoms with E-state index in [2.05, 4.69) is 242 Å². The lowest BCUT2D eigenvalue weighted by Crippen LogP contribution is -1.99. The first kappa shape index (κ1) is 59.6. The summed E-state index contributed by atoms with van der Waals surface area (Å²) in [7, 11) is 0. The summed E-state index contributed by atoms with van der Waals surface area (Å²) in [4.78, 5) is 41.6. The van der Waals surface area contributed by atoms with Crippen LogP contribution in [0.25, 0.3) is 135 Å². The molecule has 3 heterocycles. The van der Waals surface area contributed by atoms with Crippen LogP contribution in [0.1, 0.15) is 17.5 Å². The third kappa shape index (κ3) is 14.9. The van der Waals surface area contributed by atoms with E-state index in [1.54, 1.807) is 0 Å². The SMILES string of the molecule is Cc1nc(-c2ccc(-c3ccccc3)cc2)nc(-c2cccc(-c3ccccc3)c2)n1.Cc1nc(-c2ccccc2)nc(-c2ccc(-c3ccc(-c4ccccc4)cc3)cc2)n1.Cc1nc(-c2ccccc2)nc(-c2cccc(-c3ccc(-c4ccccc4)cc3)c2)n1. The summed E-state index contributed by atoms with van der Waals surface area (Å²) in [5, 5.41) is 0. The molecule has 0 unspecified atom stereocenters. The van der Waals surface area contributed by atoms with Crippen LogP contribution in [-0.4, -0.2) is 44.9 Å². The van der Waals surface area contributed by atoms with Crippen molar-refractivity contribution in [1.82, 2.24) is 44.9 Å². The lowest BCUT2D eigenvalue weighted by atomic mass is 9.99. The van der Waals surface area contributed by atoms with E-state index in [1.807, 2.05) is 136 Å². The molecule has 0 aliphatic heterocycles. The largest absolute Gasteiger partial charge is 0.213 e. The Morgan fingerprint density at radius 3 is 0.527 bits per heavy atom. The molecule has 0 saturated heterocycles. The zero-order chi connectivity index (χ0) is 63.1. The second-order valence-corrected chi connectivity index (χ2v) is 22.3. The van der Waals surface area contributed by atoms with Gasteiger partial charge in [0.2, 0.25) is 0 Å². The molecule has 9 heteroatoms. The predicted molar refractivity (Wildman–Crippen MR) is 379 cm³/mol. The summed E-state index contributed by atoms with van der Waals surface area (Å²) in [5.41, 5.74) is 20.1. The second kappa shape index (κ2) is 28.4. The standard InChI is InChI=1S/3C28H21N3/c1-20-29-27(24-11-6-3-7-12-24)31-28(30-20)26-14-8-13-25(19-26)23-17-15-22(16-18-23)21-9-4-2-5-10-21;1-20-29-27(24-17-15-23(16-18-24)21-9-4-2-5-10-21)31-28(30-20)26-14-8-13-25(19-26)22-11-6-3-7-12-22;1-20-29-27(25-10-6-3-7-11-25)31-28(30-20)26-18-16-24(17-19-26)23-14-12-22(13-15-23)21-8-4-2-5-9-21/h3*2-19H,1H3. The minimum absolute atomic E-state index is 0.687. The van der Waals surface area contributed by atoms with Gasteiger partial charge < -0.3 is 0 Å². The fourth-order valence-electron chi connectivity index (χ4n) is 10.9. The van der Waals surface area contributed by atoms with Crippen molar-refractivity contribution in [2.24, 2.45) is 0 Å². The van der Waals surface area contributed by atoms with Gasteiger partial charge in [-0.1, -0.05) is 315 Å². The molecule has 0 amide bonds. The molecule has 0 spiro atoms. The zero-order valence-corrected chi connectivity index (χ0v) is 51.7. The predicted octanol–water partition coefficient (Wildman–Crippen LogP) is 20.5. The van der Waals surface area contributed by atoms with E-state index < -0.39 is 0 Å². The minimum atomic E-state index is 0.687. The molecule has 0 aliphatic carbocycles. The fraction of sp³-hybridized carbons (Fsp3) is 0.0357. The molecule has 0 bridgehead atoms. The van der Waals surface area contributed by atoms with Gasteiger partial charge in [-0.2, -0.15) is 0 Å². The average Bonchev–Trinajstić information content (AvgIpc) is 1.47. The van der Waals surface area contributed by atoms with Crippen LogP contribution < -0.4 is 0 Å². The molecule has 444 valence electrons. The Bertz CT molecular complexity index is 4920. The van der Waals surface area contributed by atoms with Gasteiger partial charge in [-0.3, -0.25) is 0 Å². The van der Waals surface area contributed by atoms with Crippen molar-refractivity contribution in [2.75, 3.05) is 0 Å². The highest BCUT2D eigenvalue weighted by Crippen LogP contribution is 2.32. The first-order valence-electron chi connectivity index (χ1n) is 30.9. The second-order valence-electron chi connectivity index (χ2n) is 22.3. The maximum atomic E-state index is 4.79. The number of aryl methyl sites for hydroxylation is 3. The average molecular weight is 1200 g/mol. The number of hydrogen-bond acceptors (Lipinski definition) is 9. The molecule has 0 radical (unpaired) electrons. The van der Waals surface area contributed by atoms with Crippen molar-refractivity contribution in [3.05, 3.63) is 345 Å². The summed E-state index contributed by atoms with van der Waals surface area (Å²) in [6.45, 7) is 5.72. The molecular weight excluding hydrogens is 1130 g/mol. The lowest BCUT2D eigenvalue weighted by molar-refractivity contribution is 0.991. The van der Waals surface area contributed by atoms with Gasteiger partial charge in [0, 0.05) is 33.4 Å². The monoisotopic (exact) mass is 1200 g/mol. The maximum Gasteiger partial charge on any atom is 0.163 e. The number of rotatable bonds is 12. The lowest BCUT2D eigenvalue weighted by Gasteiger charge is -2.08. The van der Waals surface area contributed by atoms with Gasteiger partial charge in [-0.05, 0) is 99.7 Å². The molecule has 12 aromatic carbocycles. The van der Waals surface area contributed by atoms with Crippen molar-refractivity contribution >= 4 is 0 Å². The van der Waals surface area contributed by atoms with Crippen molar-refractivity contribution in [2.45, 2.75) is 20.8 Å². The van der Waals surface area contributed by atoms with E-state index in [-0.39, 0.29) is 0 Å². The molecule has 0 aliphatic rings. The van der Waals surface area contributed by atoms with Crippen molar-refractivity contribution in [3.63, 3.8) is 0 Å². The van der Waals surface area contributed by atoms with E-state index >= 15 is 0 Å². The topological polar surface area (TPSA) is 116 Å². The fourth-order valence-corrected chi connectivity index (χ4v) is 10.9. The molecular formula is C84H63N9. The molecule has 3 aromatic heterocycles. The molecule has 93 heavy (non-hydrogen) atoms. The van der Waals surface area contributed by atoms with E-state index in [0.29, 0.717) is 52.4 Å². The molecule has 9 nitrogen and oxygen atoms in total. The molecule has 15 aromatic rings. The summed E-state index contributed by atoms with van der Waals surface area (Å²) in [6.07, 6.45) is 0. The Kier molecular flexibility index (Phi) is 18.2. The first-order chi connectivity index (χ1) is 45.8. The highest BCUT2D eigenvalue weighted by atomic mass is 15.0. The van der Waals surface area contributed by atoms with Gasteiger partial charge >= 0.3 is 0 Å². The summed E-state index contributed by atoms with van der Waals surface area (Å²) in [5.74, 6) is 6.28. The van der Waals surface area contributed by atoms with Crippen molar-refractivity contribution in [1.29, 1.82) is 0 Å². The molecule has 0 saturated carbocycles. The smallest absolute Gasteiger partial charge is 0.163 e. The Labute approximate surface area is 542 Å². The van der Waals surface area contributed by atoms with Gasteiger partial charge in [-0.25, -0.2) is 44.9 Å². The number of aromatic nitrogens is 9. The van der Waals surface area contributed by atoms with Crippen molar-refractivity contribution in [3.8, 4) is 135 Å². The van der Waals surface area contributed by atoms with Crippen LogP contribution in [-0.2, 0) is 0 Å². The Morgan fingerprint density at radius 2 is 0.280 bits per heavy atom. The normalized spacial score (nSPS) is 10.7. The number of nitrogens with zero attached hydrogens (tertiary/aromatic N) is 9. The van der Waals surface area contributed by atoms with Gasteiger partial charge in [0.25, 0.3) is 0 Å². The molecule has 15 rings (SSSR count). The minimum Gasteiger partial charge on any atom is -0.213 e. The van der Waals surface area contributed by atoms with Gasteiger partial charge in [0.05, 0.1) is 0 Å².